The van der Waals surface area contributed by atoms with Crippen molar-refractivity contribution >= 4 is 0 Å². The fraction of sp³-hybridized carbons (Fsp3) is 0. The maximum absolute atomic E-state index is 8.60. The second-order valence-corrected chi connectivity index (χ2v) is 7.94. The Morgan fingerprint density at radius 3 is 0.308 bits per heavy atom. The van der Waals surface area contributed by atoms with Crippen molar-refractivity contribution in [2.45, 2.75) is 0 Å². The Morgan fingerprint density at radius 2 is 0.308 bits per heavy atom. The third-order valence-corrected chi connectivity index (χ3v) is 0. The van der Waals surface area contributed by atoms with Gasteiger partial charge in [-0.05, 0) is 0 Å². The Labute approximate surface area is 212 Å². The number of hydrogen-bond donors (Lipinski definition) is 0. The molecule has 0 radical (unpaired) electrons. The van der Waals surface area contributed by atoms with Crippen LogP contribution in [0.25, 0.3) is 0 Å². The van der Waals surface area contributed by atoms with Crippen LogP contribution >= 0.6 is 0 Å². The normalized spacial score (nSPS) is 5.77. The second kappa shape index (κ2) is 46.4. The van der Waals surface area contributed by atoms with Crippen molar-refractivity contribution in [2.75, 3.05) is 0 Å². The average Bonchev–Trinajstić information content (AvgIpc) is 2.08. The van der Waals surface area contributed by atoms with E-state index >= 15 is 0 Å². The summed E-state index contributed by atoms with van der Waals surface area (Å²) in [4.78, 5) is 0. The van der Waals surface area contributed by atoms with Crippen LogP contribution in [-0.4, -0.2) is 0 Å². The molecule has 26 heteroatoms. The molecular formula is Nb6NiO18Zr. The molecule has 0 aromatic rings. The zero-order valence-corrected chi connectivity index (χ0v) is 27.5. The molecule has 26 heavy (non-hydrogen) atoms. The molecular weight excluding hydrogens is 995 g/mol. The van der Waals surface area contributed by atoms with Crippen LogP contribution in [0.15, 0.2) is 0 Å². The molecule has 0 fully saturated rings. The first kappa shape index (κ1) is 51.7. The third-order valence-electron chi connectivity index (χ3n) is 0. The molecule has 152 valence electrons. The van der Waals surface area contributed by atoms with Gasteiger partial charge in [-0.2, -0.15) is 0 Å². The molecule has 0 spiro atoms. The summed E-state index contributed by atoms with van der Waals surface area (Å²) in [6.07, 6.45) is 0. The minimum absolute atomic E-state index is 0. The Hall–Kier alpha value is 3.18. The predicted molar refractivity (Wildman–Crippen MR) is 8.24 cm³/mol. The Bertz CT molecular complexity index is 477. The van der Waals surface area contributed by atoms with E-state index in [0.717, 1.165) is 0 Å². The van der Waals surface area contributed by atoms with Gasteiger partial charge in [0.05, 0.1) is 0 Å². The Kier molecular flexibility index (Phi) is 92.2. The summed E-state index contributed by atoms with van der Waals surface area (Å²) >= 11 is -25.2. The first-order chi connectivity index (χ1) is 10.4. The van der Waals surface area contributed by atoms with Gasteiger partial charge in [-0.1, -0.05) is 0 Å². The van der Waals surface area contributed by atoms with E-state index in [1.807, 2.05) is 0 Å². The molecule has 0 unspecified atom stereocenters. The van der Waals surface area contributed by atoms with Gasteiger partial charge in [0.15, 0.2) is 0 Å². The first-order valence-electron chi connectivity index (χ1n) is 3.29. The van der Waals surface area contributed by atoms with Gasteiger partial charge in [0.1, 0.15) is 0 Å². The predicted octanol–water partition coefficient (Wildman–Crippen LogP) is -8.58. The van der Waals surface area contributed by atoms with Crippen LogP contribution in [0.1, 0.15) is 0 Å². The second-order valence-electron chi connectivity index (χ2n) is 1.34. The Balaban J connectivity index is -0.0000000245. The van der Waals surface area contributed by atoms with E-state index in [-0.39, 0.29) is 42.7 Å². The van der Waals surface area contributed by atoms with E-state index in [1.54, 1.807) is 0 Å². The van der Waals surface area contributed by atoms with E-state index in [0.29, 0.717) is 0 Å². The van der Waals surface area contributed by atoms with Crippen molar-refractivity contribution in [1.82, 2.24) is 0 Å². The summed E-state index contributed by atoms with van der Waals surface area (Å²) in [5.41, 5.74) is 0. The molecule has 0 rings (SSSR count). The minimum atomic E-state index is -4.20. The molecule has 0 aliphatic rings. The minimum Gasteiger partial charge on any atom is 4.00 e. The third kappa shape index (κ3) is 1840. The maximum atomic E-state index is 8.60. The smallest absolute Gasteiger partial charge is 4.00 e. The molecule has 0 atom stereocenters. The molecule has 18 nitrogen and oxygen atoms in total. The van der Waals surface area contributed by atoms with E-state index in [1.165, 1.54) is 0 Å². The largest absolute Gasteiger partial charge is 4.00 e. The zero-order chi connectivity index (χ0) is 21.5. The van der Waals surface area contributed by atoms with Crippen LogP contribution in [0.4, 0.5) is 0 Å². The molecule has 0 saturated heterocycles. The standard InChI is InChI=1S/6Nb.Ni.18O.Zr/q;;;;;;+2;;;;;;;;;;;;;6*-1;+4. The van der Waals surface area contributed by atoms with Gasteiger partial charge in [-0.25, -0.2) is 0 Å². The van der Waals surface area contributed by atoms with E-state index in [2.05, 4.69) is 0 Å². The maximum Gasteiger partial charge on any atom is 4.00 e. The van der Waals surface area contributed by atoms with Crippen molar-refractivity contribution < 1.29 is 216 Å². The monoisotopic (exact) mass is 993 g/mol. The number of hydrogen-bond acceptors (Lipinski definition) is 18. The topological polar surface area (TPSA) is 343 Å². The molecule has 0 saturated carbocycles. The van der Waals surface area contributed by atoms with Gasteiger partial charge in [-0.15, -0.1) is 0 Å². The van der Waals surface area contributed by atoms with Crippen molar-refractivity contribution in [3.8, 4) is 0 Å². The molecule has 0 bridgehead atoms. The number of rotatable bonds is 0. The van der Waals surface area contributed by atoms with Gasteiger partial charge < -0.3 is 0 Å². The van der Waals surface area contributed by atoms with Crippen molar-refractivity contribution in [2.24, 2.45) is 0 Å². The molecule has 0 aliphatic carbocycles. The van der Waals surface area contributed by atoms with Crippen LogP contribution in [0, 0.1) is 0 Å². The van der Waals surface area contributed by atoms with Crippen molar-refractivity contribution in [3.05, 3.63) is 0 Å². The summed E-state index contributed by atoms with van der Waals surface area (Å²) in [7, 11) is 0. The Morgan fingerprint density at radius 1 is 0.308 bits per heavy atom. The van der Waals surface area contributed by atoms with Crippen molar-refractivity contribution in [1.29, 1.82) is 0 Å². The molecule has 0 heterocycles. The van der Waals surface area contributed by atoms with E-state index in [9.17, 15) is 0 Å². The van der Waals surface area contributed by atoms with Gasteiger partial charge in [0.2, 0.25) is 0 Å². The van der Waals surface area contributed by atoms with Crippen LogP contribution in [0.3, 0.4) is 0 Å². The van der Waals surface area contributed by atoms with Crippen LogP contribution in [0.2, 0.25) is 0 Å². The van der Waals surface area contributed by atoms with Gasteiger partial charge >= 0.3 is 216 Å². The fourth-order valence-electron chi connectivity index (χ4n) is 0. The summed E-state index contributed by atoms with van der Waals surface area (Å²) in [6.45, 7) is 0. The van der Waals surface area contributed by atoms with Crippen LogP contribution in [-0.2, 0) is 194 Å². The molecule has 0 aromatic heterocycles. The molecule has 0 aromatic carbocycles. The van der Waals surface area contributed by atoms with E-state index < -0.39 is 113 Å². The van der Waals surface area contributed by atoms with Gasteiger partial charge in [-0.3, -0.25) is 0 Å². The summed E-state index contributed by atoms with van der Waals surface area (Å²) in [5, 5.41) is 0. The summed E-state index contributed by atoms with van der Waals surface area (Å²) in [6, 6.07) is 0. The first-order valence-corrected chi connectivity index (χ1v) is 19.4. The molecule has 0 amide bonds. The molecule has 0 N–H and O–H groups in total. The van der Waals surface area contributed by atoms with Crippen molar-refractivity contribution in [3.63, 3.8) is 0 Å². The SMILES string of the molecule is [Ni+2].[O]=[Nb](=[O])[O-].[O]=[Nb](=[O])[O-].[O]=[Nb](=[O])[O-].[O]=[Nb](=[O])[O-].[O]=[Nb](=[O])[O-].[O]=[Nb](=[O])[O-].[Zr+4]. The summed E-state index contributed by atoms with van der Waals surface area (Å²) < 4.78 is 155. The zero-order valence-electron chi connectivity index (χ0n) is 10.8. The fourth-order valence-corrected chi connectivity index (χ4v) is 0. The quantitative estimate of drug-likeness (QED) is 0.203. The van der Waals surface area contributed by atoms with E-state index in [4.69, 9.17) is 60.7 Å². The van der Waals surface area contributed by atoms with Gasteiger partial charge in [0, 0.05) is 0 Å². The molecule has 0 aliphatic heterocycles. The van der Waals surface area contributed by atoms with Crippen LogP contribution in [0.5, 0.6) is 0 Å². The average molecular weight is 995 g/mol. The van der Waals surface area contributed by atoms with Gasteiger partial charge in [0.25, 0.3) is 0 Å². The van der Waals surface area contributed by atoms with Crippen LogP contribution < -0.4 is 21.7 Å². The summed E-state index contributed by atoms with van der Waals surface area (Å²) in [5.74, 6) is 0.